The lowest BCUT2D eigenvalue weighted by Crippen LogP contribution is -2.16. The number of carbonyl (C=O) groups excluding carboxylic acids is 2. The number of benzene rings is 2. The largest absolute Gasteiger partial charge is 0.453 e. The van der Waals surface area contributed by atoms with E-state index in [4.69, 9.17) is 4.74 Å². The molecule has 1 atom stereocenters. The minimum absolute atomic E-state index is 0.0333. The van der Waals surface area contributed by atoms with Crippen LogP contribution in [0.1, 0.15) is 28.4 Å². The van der Waals surface area contributed by atoms with Gasteiger partial charge in [-0.05, 0) is 30.3 Å². The first-order valence-corrected chi connectivity index (χ1v) is 10.9. The number of amides is 1. The number of esters is 1. The van der Waals surface area contributed by atoms with Crippen molar-refractivity contribution in [3.63, 3.8) is 0 Å². The Balaban J connectivity index is 1.40. The van der Waals surface area contributed by atoms with Crippen LogP contribution in [0, 0.1) is 0 Å². The second-order valence-corrected chi connectivity index (χ2v) is 8.78. The number of sulfonamides is 1. The van der Waals surface area contributed by atoms with E-state index in [9.17, 15) is 18.0 Å². The van der Waals surface area contributed by atoms with Gasteiger partial charge in [-0.2, -0.15) is 0 Å². The lowest BCUT2D eigenvalue weighted by atomic mass is 10.0. The Hall–Kier alpha value is -3.24. The molecule has 2 heterocycles. The Bertz CT molecular complexity index is 1160. The third-order valence-electron chi connectivity index (χ3n) is 4.25. The van der Waals surface area contributed by atoms with E-state index < -0.39 is 22.1 Å². The van der Waals surface area contributed by atoms with E-state index >= 15 is 0 Å². The summed E-state index contributed by atoms with van der Waals surface area (Å²) in [4.78, 5) is 28.1. The van der Waals surface area contributed by atoms with Gasteiger partial charge in [-0.15, -0.1) is 11.3 Å². The predicted molar refractivity (Wildman–Crippen MR) is 107 cm³/mol. The molecule has 0 aliphatic carbocycles. The average molecular weight is 429 g/mol. The molecule has 1 aliphatic rings. The van der Waals surface area contributed by atoms with Crippen molar-refractivity contribution >= 4 is 44.1 Å². The fourth-order valence-electron chi connectivity index (χ4n) is 2.92. The standard InChI is InChI=1S/C19H15N3O5S2/c23-17(11-16-14-3-1-2-4-15(14)18(24)27-16)21-12-5-7-13(8-6-12)29(25,26)22-19-20-9-10-28-19/h1-10,16H,11H2,(H,20,22)(H,21,23)/t16-/m1/s1. The second kappa shape index (κ2) is 7.64. The summed E-state index contributed by atoms with van der Waals surface area (Å²) >= 11 is 1.17. The first-order chi connectivity index (χ1) is 13.9. The molecule has 10 heteroatoms. The van der Waals surface area contributed by atoms with Crippen LogP contribution in [0.4, 0.5) is 10.8 Å². The van der Waals surface area contributed by atoms with Crippen molar-refractivity contribution in [2.75, 3.05) is 10.0 Å². The van der Waals surface area contributed by atoms with Crippen LogP contribution in [-0.4, -0.2) is 25.3 Å². The smallest absolute Gasteiger partial charge is 0.339 e. The molecule has 3 aromatic rings. The van der Waals surface area contributed by atoms with Crippen molar-refractivity contribution in [2.45, 2.75) is 17.4 Å². The topological polar surface area (TPSA) is 114 Å². The Morgan fingerprint density at radius 3 is 2.62 bits per heavy atom. The van der Waals surface area contributed by atoms with Crippen LogP contribution in [0.3, 0.4) is 0 Å². The SMILES string of the molecule is O=C(C[C@H]1OC(=O)c2ccccc21)Nc1ccc(S(=O)(=O)Nc2nccs2)cc1. The summed E-state index contributed by atoms with van der Waals surface area (Å²) in [5.41, 5.74) is 1.58. The number of thiazole rings is 1. The number of fused-ring (bicyclic) bond motifs is 1. The van der Waals surface area contributed by atoms with Crippen molar-refractivity contribution in [1.82, 2.24) is 4.98 Å². The predicted octanol–water partition coefficient (Wildman–Crippen LogP) is 3.18. The van der Waals surface area contributed by atoms with E-state index in [1.165, 1.54) is 41.8 Å². The molecule has 2 N–H and O–H groups in total. The molecule has 1 aliphatic heterocycles. The first kappa shape index (κ1) is 19.1. The minimum Gasteiger partial charge on any atom is -0.453 e. The normalized spacial score (nSPS) is 15.4. The number of aromatic nitrogens is 1. The summed E-state index contributed by atoms with van der Waals surface area (Å²) in [5.74, 6) is -0.795. The van der Waals surface area contributed by atoms with Crippen LogP contribution < -0.4 is 10.0 Å². The number of ether oxygens (including phenoxy) is 1. The maximum atomic E-state index is 12.3. The van der Waals surface area contributed by atoms with E-state index in [-0.39, 0.29) is 22.4 Å². The number of anilines is 2. The minimum atomic E-state index is -3.76. The Morgan fingerprint density at radius 1 is 1.14 bits per heavy atom. The zero-order valence-corrected chi connectivity index (χ0v) is 16.5. The molecule has 148 valence electrons. The van der Waals surface area contributed by atoms with Crippen LogP contribution in [0.5, 0.6) is 0 Å². The lowest BCUT2D eigenvalue weighted by Gasteiger charge is -2.11. The molecule has 0 unspecified atom stereocenters. The van der Waals surface area contributed by atoms with Gasteiger partial charge in [-0.1, -0.05) is 18.2 Å². The Labute approximate surface area is 170 Å². The number of nitrogens with one attached hydrogen (secondary N) is 2. The van der Waals surface area contributed by atoms with Crippen LogP contribution in [0.15, 0.2) is 65.0 Å². The second-order valence-electron chi connectivity index (χ2n) is 6.20. The van der Waals surface area contributed by atoms with Gasteiger partial charge < -0.3 is 10.1 Å². The zero-order chi connectivity index (χ0) is 20.4. The summed E-state index contributed by atoms with van der Waals surface area (Å²) in [7, 11) is -3.76. The highest BCUT2D eigenvalue weighted by Gasteiger charge is 2.32. The van der Waals surface area contributed by atoms with Gasteiger partial charge in [0.2, 0.25) is 5.91 Å². The number of carbonyl (C=O) groups is 2. The van der Waals surface area contributed by atoms with Crippen molar-refractivity contribution in [1.29, 1.82) is 0 Å². The summed E-state index contributed by atoms with van der Waals surface area (Å²) < 4.78 is 32.3. The Kier molecular flexibility index (Phi) is 5.03. The van der Waals surface area contributed by atoms with Gasteiger partial charge in [0, 0.05) is 22.8 Å². The van der Waals surface area contributed by atoms with Gasteiger partial charge in [-0.3, -0.25) is 9.52 Å². The molecule has 0 saturated carbocycles. The molecule has 4 rings (SSSR count). The van der Waals surface area contributed by atoms with Crippen molar-refractivity contribution in [3.05, 3.63) is 71.2 Å². The lowest BCUT2D eigenvalue weighted by molar-refractivity contribution is -0.118. The number of nitrogens with zero attached hydrogens (tertiary/aromatic N) is 1. The van der Waals surface area contributed by atoms with Crippen molar-refractivity contribution in [3.8, 4) is 0 Å². The molecule has 0 bridgehead atoms. The van der Waals surface area contributed by atoms with Gasteiger partial charge >= 0.3 is 5.97 Å². The van der Waals surface area contributed by atoms with E-state index in [2.05, 4.69) is 15.0 Å². The van der Waals surface area contributed by atoms with Crippen molar-refractivity contribution in [2.24, 2.45) is 0 Å². The quantitative estimate of drug-likeness (QED) is 0.582. The summed E-state index contributed by atoms with van der Waals surface area (Å²) in [6, 6.07) is 12.7. The highest BCUT2D eigenvalue weighted by Crippen LogP contribution is 2.33. The van der Waals surface area contributed by atoms with E-state index in [0.717, 1.165) is 0 Å². The monoisotopic (exact) mass is 429 g/mol. The fourth-order valence-corrected chi connectivity index (χ4v) is 4.71. The molecular weight excluding hydrogens is 414 g/mol. The van der Waals surface area contributed by atoms with Crippen molar-refractivity contribution < 1.29 is 22.7 Å². The van der Waals surface area contributed by atoms with Gasteiger partial charge in [-0.25, -0.2) is 18.2 Å². The number of cyclic esters (lactones) is 1. The molecule has 8 nitrogen and oxygen atoms in total. The van der Waals surface area contributed by atoms with E-state index in [0.29, 0.717) is 16.8 Å². The fraction of sp³-hybridized carbons (Fsp3) is 0.105. The molecule has 1 aromatic heterocycles. The highest BCUT2D eigenvalue weighted by molar-refractivity contribution is 7.93. The van der Waals surface area contributed by atoms with Gasteiger partial charge in [0.15, 0.2) is 5.13 Å². The zero-order valence-electron chi connectivity index (χ0n) is 14.9. The van der Waals surface area contributed by atoms with Crippen LogP contribution in [0.2, 0.25) is 0 Å². The van der Waals surface area contributed by atoms with Crippen LogP contribution in [0.25, 0.3) is 0 Å². The van der Waals surface area contributed by atoms with E-state index in [1.807, 2.05) is 0 Å². The third-order valence-corrected chi connectivity index (χ3v) is 6.42. The summed E-state index contributed by atoms with van der Waals surface area (Å²) in [6.45, 7) is 0. The highest BCUT2D eigenvalue weighted by atomic mass is 32.2. The summed E-state index contributed by atoms with van der Waals surface area (Å²) in [5, 5.41) is 4.62. The number of hydrogen-bond donors (Lipinski definition) is 2. The number of rotatable bonds is 6. The molecular formula is C19H15N3O5S2. The molecule has 0 spiro atoms. The molecule has 0 fully saturated rings. The molecule has 0 saturated heterocycles. The molecule has 0 radical (unpaired) electrons. The van der Waals surface area contributed by atoms with E-state index in [1.54, 1.807) is 29.6 Å². The molecule has 29 heavy (non-hydrogen) atoms. The Morgan fingerprint density at radius 2 is 1.90 bits per heavy atom. The molecule has 2 aromatic carbocycles. The average Bonchev–Trinajstić information content (AvgIpc) is 3.30. The molecule has 1 amide bonds. The first-order valence-electron chi connectivity index (χ1n) is 8.54. The maximum Gasteiger partial charge on any atom is 0.339 e. The van der Waals surface area contributed by atoms with Gasteiger partial charge in [0.25, 0.3) is 10.0 Å². The maximum absolute atomic E-state index is 12.3. The van der Waals surface area contributed by atoms with Gasteiger partial charge in [0.1, 0.15) is 6.10 Å². The summed E-state index contributed by atoms with van der Waals surface area (Å²) in [6.07, 6.45) is 0.830. The van der Waals surface area contributed by atoms with Crippen LogP contribution in [-0.2, 0) is 19.6 Å². The number of hydrogen-bond acceptors (Lipinski definition) is 7. The van der Waals surface area contributed by atoms with Gasteiger partial charge in [0.05, 0.1) is 16.9 Å². The van der Waals surface area contributed by atoms with Crippen LogP contribution >= 0.6 is 11.3 Å². The third kappa shape index (κ3) is 4.13.